The van der Waals surface area contributed by atoms with Gasteiger partial charge in [-0.2, -0.15) is 0 Å². The Bertz CT molecular complexity index is 824. The molecule has 2 aromatic rings. The molecule has 3 rings (SSSR count). The van der Waals surface area contributed by atoms with Gasteiger partial charge in [-0.1, -0.05) is 30.3 Å². The number of carbonyl (C=O) groups excluding carboxylic acids is 2. The Labute approximate surface area is 165 Å². The molecule has 0 N–H and O–H groups in total. The van der Waals surface area contributed by atoms with Crippen LogP contribution in [0.5, 0.6) is 11.5 Å². The molecular weight excluding hydrogens is 356 g/mol. The van der Waals surface area contributed by atoms with Crippen molar-refractivity contribution in [1.82, 2.24) is 9.80 Å². The van der Waals surface area contributed by atoms with E-state index in [4.69, 9.17) is 9.47 Å². The monoisotopic (exact) mass is 382 g/mol. The number of ether oxygens (including phenoxy) is 2. The van der Waals surface area contributed by atoms with E-state index in [1.165, 1.54) is 0 Å². The predicted octanol–water partition coefficient (Wildman–Crippen LogP) is 2.84. The van der Waals surface area contributed by atoms with Crippen molar-refractivity contribution in [2.45, 2.75) is 26.0 Å². The molecule has 6 heteroatoms. The highest BCUT2D eigenvalue weighted by molar-refractivity contribution is 5.94. The summed E-state index contributed by atoms with van der Waals surface area (Å²) in [4.78, 5) is 29.2. The summed E-state index contributed by atoms with van der Waals surface area (Å²) in [5.74, 6) is 1.04. The summed E-state index contributed by atoms with van der Waals surface area (Å²) in [6.07, 6.45) is -0.643. The normalized spacial score (nSPS) is 17.8. The SMILES string of the molecule is COc1ccccc1OC(C)C(=O)N1CCN(C(=O)c2ccccc2)C[C@H]1C. The fourth-order valence-electron chi connectivity index (χ4n) is 3.42. The van der Waals surface area contributed by atoms with E-state index in [1.807, 2.05) is 49.4 Å². The van der Waals surface area contributed by atoms with Crippen LogP contribution in [-0.4, -0.2) is 60.5 Å². The van der Waals surface area contributed by atoms with Crippen molar-refractivity contribution in [3.63, 3.8) is 0 Å². The fraction of sp³-hybridized carbons (Fsp3) is 0.364. The zero-order chi connectivity index (χ0) is 20.1. The highest BCUT2D eigenvalue weighted by Gasteiger charge is 2.33. The Hall–Kier alpha value is -3.02. The molecule has 0 saturated carbocycles. The molecule has 0 aliphatic carbocycles. The van der Waals surface area contributed by atoms with E-state index in [9.17, 15) is 9.59 Å². The van der Waals surface area contributed by atoms with E-state index >= 15 is 0 Å². The molecule has 1 saturated heterocycles. The molecule has 1 fully saturated rings. The minimum absolute atomic E-state index is 0.00197. The lowest BCUT2D eigenvalue weighted by Gasteiger charge is -2.40. The third kappa shape index (κ3) is 4.27. The first-order valence-electron chi connectivity index (χ1n) is 9.45. The number of para-hydroxylation sites is 2. The quantitative estimate of drug-likeness (QED) is 0.798. The molecule has 2 aromatic carbocycles. The van der Waals surface area contributed by atoms with Crippen LogP contribution < -0.4 is 9.47 Å². The van der Waals surface area contributed by atoms with E-state index < -0.39 is 6.10 Å². The first-order valence-corrected chi connectivity index (χ1v) is 9.45. The van der Waals surface area contributed by atoms with Gasteiger partial charge in [-0.3, -0.25) is 9.59 Å². The minimum atomic E-state index is -0.643. The standard InChI is InChI=1S/C22H26N2O4/c1-16-15-23(22(26)18-9-5-4-6-10-18)13-14-24(16)21(25)17(2)28-20-12-8-7-11-19(20)27-3/h4-12,16-17H,13-15H2,1-3H3/t16-,17?/m1/s1. The summed E-state index contributed by atoms with van der Waals surface area (Å²) in [7, 11) is 1.57. The van der Waals surface area contributed by atoms with Crippen LogP contribution in [0.4, 0.5) is 0 Å². The largest absolute Gasteiger partial charge is 0.493 e. The summed E-state index contributed by atoms with van der Waals surface area (Å²) in [6, 6.07) is 16.4. The molecule has 1 aliphatic heterocycles. The molecular formula is C22H26N2O4. The number of rotatable bonds is 5. The average molecular weight is 382 g/mol. The second kappa shape index (κ2) is 8.78. The van der Waals surface area contributed by atoms with Crippen molar-refractivity contribution in [3.05, 3.63) is 60.2 Å². The van der Waals surface area contributed by atoms with Crippen molar-refractivity contribution in [2.75, 3.05) is 26.7 Å². The fourth-order valence-corrected chi connectivity index (χ4v) is 3.42. The second-order valence-corrected chi connectivity index (χ2v) is 6.91. The lowest BCUT2D eigenvalue weighted by Crippen LogP contribution is -2.57. The second-order valence-electron chi connectivity index (χ2n) is 6.91. The smallest absolute Gasteiger partial charge is 0.263 e. The topological polar surface area (TPSA) is 59.1 Å². The van der Waals surface area contributed by atoms with Gasteiger partial charge < -0.3 is 19.3 Å². The summed E-state index contributed by atoms with van der Waals surface area (Å²) >= 11 is 0. The number of nitrogens with zero attached hydrogens (tertiary/aromatic N) is 2. The molecule has 0 radical (unpaired) electrons. The number of benzene rings is 2. The van der Waals surface area contributed by atoms with Crippen LogP contribution in [0.15, 0.2) is 54.6 Å². The van der Waals surface area contributed by atoms with Crippen molar-refractivity contribution in [3.8, 4) is 11.5 Å². The van der Waals surface area contributed by atoms with Gasteiger partial charge in [0.05, 0.1) is 7.11 Å². The Kier molecular flexibility index (Phi) is 6.19. The van der Waals surface area contributed by atoms with E-state index in [2.05, 4.69) is 0 Å². The number of hydrogen-bond acceptors (Lipinski definition) is 4. The summed E-state index contributed by atoms with van der Waals surface area (Å²) in [5, 5.41) is 0. The summed E-state index contributed by atoms with van der Waals surface area (Å²) in [6.45, 7) is 5.19. The molecule has 2 atom stereocenters. The summed E-state index contributed by atoms with van der Waals surface area (Å²) < 4.78 is 11.1. The molecule has 2 amide bonds. The van der Waals surface area contributed by atoms with Crippen LogP contribution >= 0.6 is 0 Å². The zero-order valence-corrected chi connectivity index (χ0v) is 16.5. The van der Waals surface area contributed by atoms with Gasteiger partial charge in [-0.05, 0) is 38.1 Å². The molecule has 1 unspecified atom stereocenters. The maximum absolute atomic E-state index is 12.9. The Balaban J connectivity index is 1.62. The average Bonchev–Trinajstić information content (AvgIpc) is 2.73. The maximum Gasteiger partial charge on any atom is 0.263 e. The van der Waals surface area contributed by atoms with E-state index in [1.54, 1.807) is 36.0 Å². The van der Waals surface area contributed by atoms with Gasteiger partial charge in [0, 0.05) is 31.2 Å². The Morgan fingerprint density at radius 1 is 1.00 bits per heavy atom. The number of piperazine rings is 1. The molecule has 28 heavy (non-hydrogen) atoms. The number of methoxy groups -OCH3 is 1. The van der Waals surface area contributed by atoms with Crippen LogP contribution in [0.1, 0.15) is 24.2 Å². The van der Waals surface area contributed by atoms with Crippen LogP contribution in [0.2, 0.25) is 0 Å². The van der Waals surface area contributed by atoms with Gasteiger partial charge >= 0.3 is 0 Å². The van der Waals surface area contributed by atoms with Crippen molar-refractivity contribution >= 4 is 11.8 Å². The zero-order valence-electron chi connectivity index (χ0n) is 16.5. The van der Waals surface area contributed by atoms with E-state index in [-0.39, 0.29) is 17.9 Å². The highest BCUT2D eigenvalue weighted by atomic mass is 16.5. The number of hydrogen-bond donors (Lipinski definition) is 0. The third-order valence-corrected chi connectivity index (χ3v) is 4.94. The van der Waals surface area contributed by atoms with Crippen molar-refractivity contribution in [1.29, 1.82) is 0 Å². The van der Waals surface area contributed by atoms with E-state index in [0.29, 0.717) is 36.7 Å². The van der Waals surface area contributed by atoms with Crippen LogP contribution in [0.25, 0.3) is 0 Å². The first kappa shape index (κ1) is 19.7. The van der Waals surface area contributed by atoms with Gasteiger partial charge in [-0.15, -0.1) is 0 Å². The highest BCUT2D eigenvalue weighted by Crippen LogP contribution is 2.27. The maximum atomic E-state index is 12.9. The molecule has 1 aliphatic rings. The number of amides is 2. The van der Waals surface area contributed by atoms with Crippen LogP contribution in [0.3, 0.4) is 0 Å². The first-order chi connectivity index (χ1) is 13.5. The summed E-state index contributed by atoms with van der Waals surface area (Å²) in [5.41, 5.74) is 0.669. The van der Waals surface area contributed by atoms with Crippen LogP contribution in [0, 0.1) is 0 Å². The molecule has 1 heterocycles. The molecule has 0 bridgehead atoms. The molecule has 0 spiro atoms. The van der Waals surface area contributed by atoms with E-state index in [0.717, 1.165) is 0 Å². The molecule has 0 aromatic heterocycles. The van der Waals surface area contributed by atoms with Gasteiger partial charge in [0.15, 0.2) is 17.6 Å². The Morgan fingerprint density at radius 2 is 1.64 bits per heavy atom. The van der Waals surface area contributed by atoms with Gasteiger partial charge in [0.2, 0.25) is 0 Å². The molecule has 6 nitrogen and oxygen atoms in total. The van der Waals surface area contributed by atoms with Gasteiger partial charge in [-0.25, -0.2) is 0 Å². The third-order valence-electron chi connectivity index (χ3n) is 4.94. The Morgan fingerprint density at radius 3 is 2.29 bits per heavy atom. The molecule has 148 valence electrons. The van der Waals surface area contributed by atoms with Gasteiger partial charge in [0.25, 0.3) is 11.8 Å². The van der Waals surface area contributed by atoms with Crippen molar-refractivity contribution in [2.24, 2.45) is 0 Å². The minimum Gasteiger partial charge on any atom is -0.493 e. The van der Waals surface area contributed by atoms with Crippen LogP contribution in [-0.2, 0) is 4.79 Å². The predicted molar refractivity (Wildman–Crippen MR) is 107 cm³/mol. The lowest BCUT2D eigenvalue weighted by molar-refractivity contribution is -0.142. The van der Waals surface area contributed by atoms with Gasteiger partial charge in [0.1, 0.15) is 0 Å². The lowest BCUT2D eigenvalue weighted by atomic mass is 10.1. The number of carbonyl (C=O) groups is 2. The van der Waals surface area contributed by atoms with Crippen molar-refractivity contribution < 1.29 is 19.1 Å².